The monoisotopic (exact) mass is 290 g/mol. The minimum Gasteiger partial charge on any atom is -0.477 e. The quantitative estimate of drug-likeness (QED) is 0.770. The Bertz CT molecular complexity index is 747. The van der Waals surface area contributed by atoms with Gasteiger partial charge in [0.15, 0.2) is 0 Å². The number of aromatic nitrogens is 2. The van der Waals surface area contributed by atoms with Crippen LogP contribution in [0.15, 0.2) is 40.1 Å². The van der Waals surface area contributed by atoms with Gasteiger partial charge in [-0.25, -0.2) is 9.78 Å². The summed E-state index contributed by atoms with van der Waals surface area (Å²) in [6.45, 7) is 1.91. The molecule has 3 rings (SSSR count). The van der Waals surface area contributed by atoms with E-state index in [-0.39, 0.29) is 5.69 Å². The largest absolute Gasteiger partial charge is 0.477 e. The first-order valence-corrected chi connectivity index (χ1v) is 7.24. The SMILES string of the molecule is Cc1nc2c(Sc3ccccc3)c(C(=O)O)[nH]c2s1. The van der Waals surface area contributed by atoms with E-state index >= 15 is 0 Å². The van der Waals surface area contributed by atoms with Crippen molar-refractivity contribution in [1.82, 2.24) is 9.97 Å². The first-order chi connectivity index (χ1) is 9.15. The van der Waals surface area contributed by atoms with Gasteiger partial charge in [0.2, 0.25) is 0 Å². The molecule has 0 aliphatic carbocycles. The second kappa shape index (κ2) is 4.71. The van der Waals surface area contributed by atoms with Gasteiger partial charge in [0.1, 0.15) is 16.0 Å². The molecule has 2 heterocycles. The fourth-order valence-electron chi connectivity index (χ4n) is 1.81. The molecule has 0 aliphatic rings. The number of H-pyrrole nitrogens is 1. The topological polar surface area (TPSA) is 66.0 Å². The zero-order chi connectivity index (χ0) is 13.4. The molecule has 0 fully saturated rings. The molecule has 2 aromatic heterocycles. The van der Waals surface area contributed by atoms with Crippen LogP contribution < -0.4 is 0 Å². The highest BCUT2D eigenvalue weighted by molar-refractivity contribution is 7.99. The molecule has 0 saturated carbocycles. The number of thiazole rings is 1. The molecule has 0 saturated heterocycles. The minimum absolute atomic E-state index is 0.211. The lowest BCUT2D eigenvalue weighted by Crippen LogP contribution is -1.98. The summed E-state index contributed by atoms with van der Waals surface area (Å²) in [5, 5.41) is 10.2. The number of fused-ring (bicyclic) bond motifs is 1. The molecule has 96 valence electrons. The molecular weight excluding hydrogens is 280 g/mol. The maximum atomic E-state index is 11.3. The summed E-state index contributed by atoms with van der Waals surface area (Å²) in [5.41, 5.74) is 0.955. The van der Waals surface area contributed by atoms with Crippen molar-refractivity contribution < 1.29 is 9.90 Å². The number of aromatic amines is 1. The Morgan fingerprint density at radius 3 is 2.79 bits per heavy atom. The number of aryl methyl sites for hydroxylation is 1. The normalized spacial score (nSPS) is 11.0. The Balaban J connectivity index is 2.14. The van der Waals surface area contributed by atoms with Crippen molar-refractivity contribution in [2.75, 3.05) is 0 Å². The van der Waals surface area contributed by atoms with E-state index in [1.54, 1.807) is 0 Å². The number of aromatic carboxylic acids is 1. The third-order valence-electron chi connectivity index (χ3n) is 2.59. The fraction of sp³-hybridized carbons (Fsp3) is 0.0769. The third kappa shape index (κ3) is 2.24. The molecule has 0 radical (unpaired) electrons. The van der Waals surface area contributed by atoms with E-state index in [0.717, 1.165) is 20.3 Å². The molecule has 0 aliphatic heterocycles. The first kappa shape index (κ1) is 12.3. The van der Waals surface area contributed by atoms with Crippen LogP contribution in [0.4, 0.5) is 0 Å². The van der Waals surface area contributed by atoms with Gasteiger partial charge in [-0.2, -0.15) is 0 Å². The standard InChI is InChI=1S/C13H10N2O2S2/c1-7-14-9-11(19-8-5-3-2-4-6-8)10(13(16)17)15-12(9)18-7/h2-6,15H,1H3,(H,16,17). The summed E-state index contributed by atoms with van der Waals surface area (Å²) in [5.74, 6) is -0.957. The Hall–Kier alpha value is -1.79. The number of hydrogen-bond donors (Lipinski definition) is 2. The van der Waals surface area contributed by atoms with Gasteiger partial charge in [0.25, 0.3) is 0 Å². The lowest BCUT2D eigenvalue weighted by molar-refractivity contribution is 0.0688. The van der Waals surface area contributed by atoms with Gasteiger partial charge >= 0.3 is 5.97 Å². The van der Waals surface area contributed by atoms with E-state index in [4.69, 9.17) is 0 Å². The van der Waals surface area contributed by atoms with Crippen LogP contribution in [0.25, 0.3) is 10.3 Å². The number of nitrogens with zero attached hydrogens (tertiary/aromatic N) is 1. The van der Waals surface area contributed by atoms with E-state index in [9.17, 15) is 9.90 Å². The molecule has 0 bridgehead atoms. The predicted octanol–water partition coefficient (Wildman–Crippen LogP) is 3.78. The summed E-state index contributed by atoms with van der Waals surface area (Å²) >= 11 is 2.90. The smallest absolute Gasteiger partial charge is 0.353 e. The first-order valence-electron chi connectivity index (χ1n) is 5.60. The van der Waals surface area contributed by atoms with Crippen molar-refractivity contribution in [2.24, 2.45) is 0 Å². The summed E-state index contributed by atoms with van der Waals surface area (Å²) in [4.78, 5) is 21.1. The summed E-state index contributed by atoms with van der Waals surface area (Å²) < 4.78 is 0. The molecule has 19 heavy (non-hydrogen) atoms. The zero-order valence-electron chi connectivity index (χ0n) is 10.0. The van der Waals surface area contributed by atoms with Crippen LogP contribution >= 0.6 is 23.1 Å². The highest BCUT2D eigenvalue weighted by Crippen LogP contribution is 2.38. The van der Waals surface area contributed by atoms with Crippen LogP contribution in [0.3, 0.4) is 0 Å². The van der Waals surface area contributed by atoms with Crippen molar-refractivity contribution in [3.63, 3.8) is 0 Å². The van der Waals surface area contributed by atoms with E-state index in [1.807, 2.05) is 37.3 Å². The van der Waals surface area contributed by atoms with Crippen molar-refractivity contribution in [2.45, 2.75) is 16.7 Å². The molecule has 0 spiro atoms. The summed E-state index contributed by atoms with van der Waals surface area (Å²) in [6, 6.07) is 9.70. The molecule has 2 N–H and O–H groups in total. The van der Waals surface area contributed by atoms with E-state index < -0.39 is 5.97 Å². The van der Waals surface area contributed by atoms with E-state index in [2.05, 4.69) is 9.97 Å². The second-order valence-corrected chi connectivity index (χ2v) is 6.25. The van der Waals surface area contributed by atoms with Gasteiger partial charge in [-0.1, -0.05) is 30.0 Å². The number of benzene rings is 1. The van der Waals surface area contributed by atoms with Crippen LogP contribution in [0.1, 0.15) is 15.5 Å². The van der Waals surface area contributed by atoms with Crippen LogP contribution in [0.2, 0.25) is 0 Å². The lowest BCUT2D eigenvalue weighted by Gasteiger charge is -2.00. The minimum atomic E-state index is -0.957. The average Bonchev–Trinajstić information content (AvgIpc) is 2.89. The fourth-order valence-corrected chi connectivity index (χ4v) is 3.72. The number of carboxylic acids is 1. The van der Waals surface area contributed by atoms with Gasteiger partial charge in [-0.05, 0) is 19.1 Å². The second-order valence-electron chi connectivity index (χ2n) is 3.96. The molecule has 6 heteroatoms. The molecule has 1 aromatic carbocycles. The van der Waals surface area contributed by atoms with Crippen molar-refractivity contribution >= 4 is 39.4 Å². The zero-order valence-corrected chi connectivity index (χ0v) is 11.6. The number of carboxylic acid groups (broad SMARTS) is 1. The highest BCUT2D eigenvalue weighted by atomic mass is 32.2. The Morgan fingerprint density at radius 2 is 2.11 bits per heavy atom. The predicted molar refractivity (Wildman–Crippen MR) is 76.2 cm³/mol. The van der Waals surface area contributed by atoms with Gasteiger partial charge in [-0.15, -0.1) is 11.3 Å². The summed E-state index contributed by atoms with van der Waals surface area (Å²) in [6.07, 6.45) is 0. The van der Waals surface area contributed by atoms with Crippen LogP contribution in [0, 0.1) is 6.92 Å². The van der Waals surface area contributed by atoms with Gasteiger partial charge in [0, 0.05) is 4.90 Å². The maximum Gasteiger partial charge on any atom is 0.353 e. The Kier molecular flexibility index (Phi) is 3.04. The van der Waals surface area contributed by atoms with Crippen LogP contribution in [0.5, 0.6) is 0 Å². The van der Waals surface area contributed by atoms with E-state index in [0.29, 0.717) is 4.90 Å². The lowest BCUT2D eigenvalue weighted by atomic mass is 10.4. The molecule has 0 unspecified atom stereocenters. The molecule has 3 aromatic rings. The number of hydrogen-bond acceptors (Lipinski definition) is 4. The third-order valence-corrected chi connectivity index (χ3v) is 4.59. The Labute approximate surface area is 117 Å². The molecule has 4 nitrogen and oxygen atoms in total. The number of nitrogens with one attached hydrogen (secondary N) is 1. The highest BCUT2D eigenvalue weighted by Gasteiger charge is 2.20. The maximum absolute atomic E-state index is 11.3. The molecule has 0 amide bonds. The summed E-state index contributed by atoms with van der Waals surface area (Å²) in [7, 11) is 0. The van der Waals surface area contributed by atoms with Gasteiger partial charge in [-0.3, -0.25) is 0 Å². The van der Waals surface area contributed by atoms with Crippen molar-refractivity contribution in [3.05, 3.63) is 41.0 Å². The van der Waals surface area contributed by atoms with Crippen molar-refractivity contribution in [3.8, 4) is 0 Å². The number of rotatable bonds is 3. The van der Waals surface area contributed by atoms with E-state index in [1.165, 1.54) is 23.1 Å². The van der Waals surface area contributed by atoms with Crippen molar-refractivity contribution in [1.29, 1.82) is 0 Å². The van der Waals surface area contributed by atoms with Gasteiger partial charge < -0.3 is 10.1 Å². The van der Waals surface area contributed by atoms with Gasteiger partial charge in [0.05, 0.1) is 9.90 Å². The van der Waals surface area contributed by atoms with Crippen LogP contribution in [-0.2, 0) is 0 Å². The Morgan fingerprint density at radius 1 is 1.37 bits per heavy atom. The average molecular weight is 290 g/mol. The molecular formula is C13H10N2O2S2. The van der Waals surface area contributed by atoms with Crippen LogP contribution in [-0.4, -0.2) is 21.0 Å². The molecule has 0 atom stereocenters. The number of carbonyl (C=O) groups is 1.